The maximum Gasteiger partial charge on any atom is 0.170 e. The summed E-state index contributed by atoms with van der Waals surface area (Å²) >= 11 is 11.9. The third-order valence-corrected chi connectivity index (χ3v) is 7.92. The van der Waals surface area contributed by atoms with E-state index in [1.54, 1.807) is 12.1 Å². The Labute approximate surface area is 179 Å². The van der Waals surface area contributed by atoms with Gasteiger partial charge in [-0.25, -0.2) is 4.39 Å². The number of benzene rings is 2. The molecule has 0 unspecified atom stereocenters. The van der Waals surface area contributed by atoms with Crippen LogP contribution in [0.2, 0.25) is 10.0 Å². The molecule has 0 aliphatic heterocycles. The number of Topliss-reactive ketones (excluding diaryl/α,β-unsaturated/α-hetero) is 1. The van der Waals surface area contributed by atoms with Crippen LogP contribution in [0.5, 0.6) is 0 Å². The van der Waals surface area contributed by atoms with Crippen LogP contribution in [0.3, 0.4) is 0 Å². The monoisotopic (exact) mass is 430 g/mol. The quantitative estimate of drug-likeness (QED) is 0.538. The number of aliphatic hydroxyl groups excluding tert-OH is 1. The molecule has 1 N–H and O–H groups in total. The minimum absolute atomic E-state index is 0.0358. The highest BCUT2D eigenvalue weighted by molar-refractivity contribution is 6.42. The van der Waals surface area contributed by atoms with Gasteiger partial charge < -0.3 is 5.11 Å². The van der Waals surface area contributed by atoms with Crippen LogP contribution in [0.25, 0.3) is 16.7 Å². The van der Waals surface area contributed by atoms with Gasteiger partial charge in [0.25, 0.3) is 0 Å². The number of hydrogen-bond donors (Lipinski definition) is 1. The molecule has 0 spiro atoms. The molecule has 2 fully saturated rings. The zero-order chi connectivity index (χ0) is 20.4. The Morgan fingerprint density at radius 1 is 1.07 bits per heavy atom. The first-order chi connectivity index (χ1) is 13.9. The summed E-state index contributed by atoms with van der Waals surface area (Å²) in [6, 6.07) is 8.70. The molecular weight excluding hydrogens is 410 g/mol. The van der Waals surface area contributed by atoms with E-state index in [0.29, 0.717) is 40.5 Å². The Kier molecular flexibility index (Phi) is 4.52. The molecule has 0 heterocycles. The summed E-state index contributed by atoms with van der Waals surface area (Å²) in [4.78, 5) is 13.3. The summed E-state index contributed by atoms with van der Waals surface area (Å²) < 4.78 is 14.7. The molecule has 0 radical (unpaired) electrons. The van der Waals surface area contributed by atoms with Crippen LogP contribution in [0.4, 0.5) is 4.39 Å². The summed E-state index contributed by atoms with van der Waals surface area (Å²) in [6.07, 6.45) is 3.93. The fraction of sp³-hybridized carbons (Fsp3) is 0.375. The lowest BCUT2D eigenvalue weighted by Gasteiger charge is -2.23. The number of fused-ring (bicyclic) bond motifs is 5. The number of hydrogen-bond acceptors (Lipinski definition) is 2. The predicted molar refractivity (Wildman–Crippen MR) is 114 cm³/mol. The maximum absolute atomic E-state index is 14.7. The Morgan fingerprint density at radius 3 is 2.48 bits per heavy atom. The lowest BCUT2D eigenvalue weighted by atomic mass is 9.80. The molecule has 2 aromatic rings. The van der Waals surface area contributed by atoms with E-state index in [1.165, 1.54) is 0 Å². The van der Waals surface area contributed by atoms with Crippen LogP contribution in [-0.4, -0.2) is 10.9 Å². The number of rotatable bonds is 3. The zero-order valence-electron chi connectivity index (χ0n) is 16.0. The largest absolute Gasteiger partial charge is 0.511 e. The van der Waals surface area contributed by atoms with Crippen molar-refractivity contribution in [1.82, 2.24) is 0 Å². The molecule has 3 aliphatic rings. The van der Waals surface area contributed by atoms with Crippen LogP contribution >= 0.6 is 23.2 Å². The van der Waals surface area contributed by atoms with Gasteiger partial charge in [0.05, 0.1) is 15.6 Å². The topological polar surface area (TPSA) is 37.3 Å². The molecule has 4 atom stereocenters. The van der Waals surface area contributed by atoms with Crippen molar-refractivity contribution < 1.29 is 14.3 Å². The minimum atomic E-state index is -0.583. The third kappa shape index (κ3) is 2.70. The first-order valence-corrected chi connectivity index (χ1v) is 10.9. The average Bonchev–Trinajstić information content (AvgIpc) is 3.40. The molecule has 2 bridgehead atoms. The standard InChI is InChI=1S/C24H21Cl2FO2/c1-2-11-3-4-12(15-7-8-17(25)21(26)22(15)27)10-16(11)20-23(28)18-13-5-6-14(9-13)19(18)24(20)29/h3-4,7-8,10,13-14,18-19,28H,2,5-6,9H2,1H3/t13-,14+,18-,19+/m0/s1. The van der Waals surface area contributed by atoms with Crippen molar-refractivity contribution in [2.75, 3.05) is 0 Å². The number of carbonyl (C=O) groups excluding carboxylic acids is 1. The second-order valence-electron chi connectivity index (χ2n) is 8.46. The molecule has 5 heteroatoms. The fourth-order valence-corrected chi connectivity index (χ4v) is 6.14. The van der Waals surface area contributed by atoms with Gasteiger partial charge in [0.15, 0.2) is 11.6 Å². The van der Waals surface area contributed by atoms with E-state index in [1.807, 2.05) is 25.1 Å². The number of aliphatic hydroxyl groups is 1. The number of halogens is 3. The molecule has 5 rings (SSSR count). The van der Waals surface area contributed by atoms with Gasteiger partial charge in [-0.1, -0.05) is 42.3 Å². The Bertz CT molecular complexity index is 1070. The summed E-state index contributed by atoms with van der Waals surface area (Å²) in [6.45, 7) is 2.01. The Morgan fingerprint density at radius 2 is 1.79 bits per heavy atom. The summed E-state index contributed by atoms with van der Waals surface area (Å²) in [5.74, 6) is 0.394. The molecule has 0 aromatic heterocycles. The predicted octanol–water partition coefficient (Wildman–Crippen LogP) is 6.88. The summed E-state index contributed by atoms with van der Waals surface area (Å²) in [7, 11) is 0. The molecule has 0 amide bonds. The van der Waals surface area contributed by atoms with Gasteiger partial charge in [-0.15, -0.1) is 0 Å². The van der Waals surface area contributed by atoms with Crippen molar-refractivity contribution in [3.05, 3.63) is 63.1 Å². The van der Waals surface area contributed by atoms with Crippen molar-refractivity contribution in [3.63, 3.8) is 0 Å². The van der Waals surface area contributed by atoms with E-state index >= 15 is 0 Å². The van der Waals surface area contributed by atoms with E-state index < -0.39 is 5.82 Å². The van der Waals surface area contributed by atoms with Crippen molar-refractivity contribution >= 4 is 34.6 Å². The van der Waals surface area contributed by atoms with Crippen LogP contribution in [0.1, 0.15) is 37.3 Å². The average molecular weight is 431 g/mol. The molecule has 2 saturated carbocycles. The molecule has 29 heavy (non-hydrogen) atoms. The molecular formula is C24H21Cl2FO2. The van der Waals surface area contributed by atoms with Gasteiger partial charge in [0.1, 0.15) is 5.76 Å². The number of aryl methyl sites for hydroxylation is 1. The van der Waals surface area contributed by atoms with Crippen molar-refractivity contribution in [2.45, 2.75) is 32.6 Å². The summed E-state index contributed by atoms with van der Waals surface area (Å²) in [5, 5.41) is 11.1. The maximum atomic E-state index is 14.7. The molecule has 3 aliphatic carbocycles. The molecule has 150 valence electrons. The number of ketones is 1. The van der Waals surface area contributed by atoms with Gasteiger partial charge >= 0.3 is 0 Å². The Hall–Kier alpha value is -1.84. The van der Waals surface area contributed by atoms with E-state index in [4.69, 9.17) is 23.2 Å². The molecule has 2 nitrogen and oxygen atoms in total. The second-order valence-corrected chi connectivity index (χ2v) is 9.24. The van der Waals surface area contributed by atoms with E-state index in [-0.39, 0.29) is 33.4 Å². The molecule has 2 aromatic carbocycles. The zero-order valence-corrected chi connectivity index (χ0v) is 17.5. The fourth-order valence-electron chi connectivity index (χ4n) is 5.83. The lowest BCUT2D eigenvalue weighted by molar-refractivity contribution is -0.118. The summed E-state index contributed by atoms with van der Waals surface area (Å²) in [5.41, 5.74) is 3.06. The first-order valence-electron chi connectivity index (χ1n) is 10.2. The third-order valence-electron chi connectivity index (χ3n) is 7.14. The van der Waals surface area contributed by atoms with Crippen molar-refractivity contribution in [3.8, 4) is 11.1 Å². The van der Waals surface area contributed by atoms with Crippen LogP contribution < -0.4 is 0 Å². The minimum Gasteiger partial charge on any atom is -0.511 e. The van der Waals surface area contributed by atoms with E-state index in [2.05, 4.69) is 0 Å². The second kappa shape index (κ2) is 6.85. The number of allylic oxidation sites excluding steroid dienone is 2. The van der Waals surface area contributed by atoms with Gasteiger partial charge in [-0.2, -0.15) is 0 Å². The Balaban J connectivity index is 1.65. The van der Waals surface area contributed by atoms with E-state index in [9.17, 15) is 14.3 Å². The van der Waals surface area contributed by atoms with E-state index in [0.717, 1.165) is 24.8 Å². The van der Waals surface area contributed by atoms with Crippen LogP contribution in [-0.2, 0) is 11.2 Å². The van der Waals surface area contributed by atoms with Crippen molar-refractivity contribution in [1.29, 1.82) is 0 Å². The van der Waals surface area contributed by atoms with Gasteiger partial charge in [0.2, 0.25) is 0 Å². The highest BCUT2D eigenvalue weighted by Gasteiger charge is 2.57. The van der Waals surface area contributed by atoms with Gasteiger partial charge in [-0.3, -0.25) is 4.79 Å². The lowest BCUT2D eigenvalue weighted by Crippen LogP contribution is -2.24. The highest BCUT2D eigenvalue weighted by Crippen LogP contribution is 2.60. The first kappa shape index (κ1) is 19.1. The SMILES string of the molecule is CCc1ccc(-c2ccc(Cl)c(Cl)c2F)cc1C1=C(O)[C@H]2[C@H]3CC[C@H](C3)[C@H]2C1=O. The normalized spacial score (nSPS) is 27.8. The van der Waals surface area contributed by atoms with Crippen LogP contribution in [0.15, 0.2) is 36.1 Å². The molecule has 0 saturated heterocycles. The highest BCUT2D eigenvalue weighted by atomic mass is 35.5. The van der Waals surface area contributed by atoms with Gasteiger partial charge in [-0.05, 0) is 72.4 Å². The smallest absolute Gasteiger partial charge is 0.170 e. The number of carbonyl (C=O) groups is 1. The van der Waals surface area contributed by atoms with Crippen molar-refractivity contribution in [2.24, 2.45) is 23.7 Å². The van der Waals surface area contributed by atoms with Gasteiger partial charge in [0, 0.05) is 17.4 Å². The van der Waals surface area contributed by atoms with Crippen LogP contribution in [0, 0.1) is 29.5 Å².